The maximum atomic E-state index is 10.7. The van der Waals surface area contributed by atoms with E-state index in [1.165, 1.54) is 6.07 Å². The fraction of sp³-hybridized carbons (Fsp3) is 0.500. The van der Waals surface area contributed by atoms with E-state index in [0.717, 1.165) is 31.6 Å². The molecule has 1 aliphatic heterocycles. The molecule has 6 heteroatoms. The number of hydrogen-bond acceptors (Lipinski definition) is 5. The van der Waals surface area contributed by atoms with E-state index in [1.807, 2.05) is 4.90 Å². The lowest BCUT2D eigenvalue weighted by Gasteiger charge is -2.21. The lowest BCUT2D eigenvalue weighted by Crippen LogP contribution is -2.34. The number of carboxylic acids is 1. The van der Waals surface area contributed by atoms with Gasteiger partial charge in [0.1, 0.15) is 11.5 Å². The van der Waals surface area contributed by atoms with Crippen LogP contribution in [0.3, 0.4) is 0 Å². The molecule has 1 aliphatic rings. The Bertz CT molecular complexity index is 478. The number of carboxylic acid groups (broad SMARTS) is 1. The Morgan fingerprint density at radius 3 is 2.50 bits per heavy atom. The lowest BCUT2D eigenvalue weighted by molar-refractivity contribution is -0.138. The van der Waals surface area contributed by atoms with Crippen molar-refractivity contribution in [3.63, 3.8) is 0 Å². The van der Waals surface area contributed by atoms with E-state index >= 15 is 0 Å². The first-order valence-corrected chi connectivity index (χ1v) is 6.72. The van der Waals surface area contributed by atoms with Gasteiger partial charge in [0.25, 0.3) is 0 Å². The van der Waals surface area contributed by atoms with Crippen LogP contribution in [0.5, 0.6) is 11.5 Å². The van der Waals surface area contributed by atoms with Gasteiger partial charge >= 0.3 is 5.97 Å². The zero-order valence-electron chi connectivity index (χ0n) is 11.3. The maximum Gasteiger partial charge on any atom is 0.317 e. The Morgan fingerprint density at radius 2 is 1.80 bits per heavy atom. The molecule has 0 aromatic heterocycles. The van der Waals surface area contributed by atoms with E-state index in [0.29, 0.717) is 13.1 Å². The van der Waals surface area contributed by atoms with Crippen molar-refractivity contribution in [1.29, 1.82) is 0 Å². The van der Waals surface area contributed by atoms with Crippen LogP contribution in [0.1, 0.15) is 12.0 Å². The second kappa shape index (κ2) is 6.58. The number of aliphatic carboxylic acids is 1. The van der Waals surface area contributed by atoms with Crippen molar-refractivity contribution in [1.82, 2.24) is 9.80 Å². The van der Waals surface area contributed by atoms with Crippen molar-refractivity contribution in [2.75, 3.05) is 32.7 Å². The Kier molecular flexibility index (Phi) is 4.81. The zero-order valence-corrected chi connectivity index (χ0v) is 11.3. The summed E-state index contributed by atoms with van der Waals surface area (Å²) in [7, 11) is 0. The Hall–Kier alpha value is -1.79. The first-order chi connectivity index (χ1) is 9.54. The van der Waals surface area contributed by atoms with Gasteiger partial charge in [0.05, 0.1) is 6.54 Å². The van der Waals surface area contributed by atoms with Crippen molar-refractivity contribution in [2.45, 2.75) is 13.0 Å². The minimum Gasteiger partial charge on any atom is -0.508 e. The van der Waals surface area contributed by atoms with Crippen LogP contribution in [0.2, 0.25) is 0 Å². The third kappa shape index (κ3) is 4.11. The first-order valence-electron chi connectivity index (χ1n) is 6.72. The summed E-state index contributed by atoms with van der Waals surface area (Å²) in [6, 6.07) is 4.61. The van der Waals surface area contributed by atoms with Crippen LogP contribution in [0, 0.1) is 0 Å². The molecule has 0 aliphatic carbocycles. The van der Waals surface area contributed by atoms with Crippen molar-refractivity contribution < 1.29 is 20.1 Å². The summed E-state index contributed by atoms with van der Waals surface area (Å²) in [5.41, 5.74) is 0.773. The van der Waals surface area contributed by atoms with Crippen molar-refractivity contribution in [3.05, 3.63) is 23.8 Å². The largest absolute Gasteiger partial charge is 0.508 e. The Labute approximate surface area is 117 Å². The molecule has 6 nitrogen and oxygen atoms in total. The molecule has 0 amide bonds. The van der Waals surface area contributed by atoms with Crippen molar-refractivity contribution in [3.8, 4) is 11.5 Å². The number of phenolic OH excluding ortho intramolecular Hbond substituents is 2. The van der Waals surface area contributed by atoms with Crippen LogP contribution >= 0.6 is 0 Å². The summed E-state index contributed by atoms with van der Waals surface area (Å²) in [4.78, 5) is 14.8. The normalized spacial score (nSPS) is 17.8. The number of nitrogens with zero attached hydrogens (tertiary/aromatic N) is 2. The molecule has 1 heterocycles. The molecule has 0 unspecified atom stereocenters. The Morgan fingerprint density at radius 1 is 1.10 bits per heavy atom. The smallest absolute Gasteiger partial charge is 0.317 e. The summed E-state index contributed by atoms with van der Waals surface area (Å²) in [6.07, 6.45) is 0.909. The molecular formula is C14H20N2O4. The third-order valence-corrected chi connectivity index (χ3v) is 3.50. The van der Waals surface area contributed by atoms with Crippen LogP contribution in [0.4, 0.5) is 0 Å². The average molecular weight is 280 g/mol. The average Bonchev–Trinajstić information content (AvgIpc) is 2.58. The number of phenols is 2. The molecule has 2 rings (SSSR count). The van der Waals surface area contributed by atoms with Crippen LogP contribution in [0.15, 0.2) is 18.2 Å². The van der Waals surface area contributed by atoms with Gasteiger partial charge < -0.3 is 15.3 Å². The van der Waals surface area contributed by atoms with Crippen molar-refractivity contribution in [2.24, 2.45) is 0 Å². The van der Waals surface area contributed by atoms with E-state index in [1.54, 1.807) is 12.1 Å². The topological polar surface area (TPSA) is 84.2 Å². The van der Waals surface area contributed by atoms with E-state index < -0.39 is 5.97 Å². The van der Waals surface area contributed by atoms with E-state index in [2.05, 4.69) is 4.90 Å². The molecular weight excluding hydrogens is 260 g/mol. The SMILES string of the molecule is O=C(O)CN1CCCN(Cc2ccc(O)cc2O)CC1. The van der Waals surface area contributed by atoms with E-state index in [-0.39, 0.29) is 18.0 Å². The quantitative estimate of drug-likeness (QED) is 0.752. The molecule has 1 saturated heterocycles. The standard InChI is InChI=1S/C14H20N2O4/c17-12-3-2-11(13(18)8-12)9-15-4-1-5-16(7-6-15)10-14(19)20/h2-3,8,17-18H,1,4-7,9-10H2,(H,19,20). The summed E-state index contributed by atoms with van der Waals surface area (Å²) in [6.45, 7) is 3.82. The third-order valence-electron chi connectivity index (χ3n) is 3.50. The van der Waals surface area contributed by atoms with Gasteiger partial charge in [0.15, 0.2) is 0 Å². The summed E-state index contributed by atoms with van der Waals surface area (Å²) in [5.74, 6) is -0.652. The highest BCUT2D eigenvalue weighted by Crippen LogP contribution is 2.24. The summed E-state index contributed by atoms with van der Waals surface area (Å²) < 4.78 is 0. The Balaban J connectivity index is 1.92. The number of rotatable bonds is 4. The molecule has 20 heavy (non-hydrogen) atoms. The zero-order chi connectivity index (χ0) is 14.5. The molecule has 110 valence electrons. The monoisotopic (exact) mass is 280 g/mol. The molecule has 0 bridgehead atoms. The number of aromatic hydroxyl groups is 2. The second-order valence-electron chi connectivity index (χ2n) is 5.11. The van der Waals surface area contributed by atoms with Gasteiger partial charge in [0.2, 0.25) is 0 Å². The van der Waals surface area contributed by atoms with Gasteiger partial charge in [-0.1, -0.05) is 6.07 Å². The number of carbonyl (C=O) groups is 1. The maximum absolute atomic E-state index is 10.7. The minimum absolute atomic E-state index is 0.0507. The molecule has 1 aromatic carbocycles. The molecule has 1 aromatic rings. The van der Waals surface area contributed by atoms with Crippen molar-refractivity contribution >= 4 is 5.97 Å². The number of hydrogen-bond donors (Lipinski definition) is 3. The highest BCUT2D eigenvalue weighted by molar-refractivity contribution is 5.69. The summed E-state index contributed by atoms with van der Waals surface area (Å²) in [5, 5.41) is 27.9. The fourth-order valence-electron chi connectivity index (χ4n) is 2.46. The van der Waals surface area contributed by atoms with Crippen LogP contribution in [-0.4, -0.2) is 63.8 Å². The molecule has 1 fully saturated rings. The van der Waals surface area contributed by atoms with E-state index in [4.69, 9.17) is 5.11 Å². The van der Waals surface area contributed by atoms with Gasteiger partial charge in [-0.25, -0.2) is 0 Å². The molecule has 0 atom stereocenters. The van der Waals surface area contributed by atoms with Crippen LogP contribution < -0.4 is 0 Å². The fourth-order valence-corrected chi connectivity index (χ4v) is 2.46. The molecule has 0 saturated carbocycles. The predicted molar refractivity (Wildman–Crippen MR) is 73.7 cm³/mol. The second-order valence-corrected chi connectivity index (χ2v) is 5.11. The highest BCUT2D eigenvalue weighted by Gasteiger charge is 2.17. The number of benzene rings is 1. The van der Waals surface area contributed by atoms with Crippen LogP contribution in [-0.2, 0) is 11.3 Å². The van der Waals surface area contributed by atoms with Gasteiger partial charge in [-0.2, -0.15) is 0 Å². The summed E-state index contributed by atoms with van der Waals surface area (Å²) >= 11 is 0. The minimum atomic E-state index is -0.797. The van der Waals surface area contributed by atoms with Gasteiger partial charge in [-0.15, -0.1) is 0 Å². The first kappa shape index (κ1) is 14.6. The van der Waals surface area contributed by atoms with Gasteiger partial charge in [-0.05, 0) is 19.0 Å². The van der Waals surface area contributed by atoms with Gasteiger partial charge in [-0.3, -0.25) is 14.6 Å². The highest BCUT2D eigenvalue weighted by atomic mass is 16.4. The lowest BCUT2D eigenvalue weighted by atomic mass is 10.1. The molecule has 3 N–H and O–H groups in total. The van der Waals surface area contributed by atoms with Crippen LogP contribution in [0.25, 0.3) is 0 Å². The molecule has 0 radical (unpaired) electrons. The van der Waals surface area contributed by atoms with E-state index in [9.17, 15) is 15.0 Å². The predicted octanol–water partition coefficient (Wildman–Crippen LogP) is 0.690. The molecule has 0 spiro atoms. The van der Waals surface area contributed by atoms with Gasteiger partial charge in [0, 0.05) is 37.8 Å².